The van der Waals surface area contributed by atoms with Gasteiger partial charge in [0.1, 0.15) is 0 Å². The van der Waals surface area contributed by atoms with Crippen molar-refractivity contribution in [1.82, 2.24) is 4.90 Å². The highest BCUT2D eigenvalue weighted by molar-refractivity contribution is 5.95. The van der Waals surface area contributed by atoms with Crippen LogP contribution in [0.15, 0.2) is 30.3 Å². The van der Waals surface area contributed by atoms with Gasteiger partial charge in [-0.2, -0.15) is 0 Å². The number of hydrogen-bond donors (Lipinski definition) is 2. The SMILES string of the molecule is CN1[C@H]2CC[C@]1(C(=O)C(CO)c1ccccc1)C[C@H](O)C2. The predicted molar refractivity (Wildman–Crippen MR) is 80.0 cm³/mol. The maximum Gasteiger partial charge on any atom is 0.162 e. The summed E-state index contributed by atoms with van der Waals surface area (Å²) in [5.41, 5.74) is 0.252. The highest BCUT2D eigenvalue weighted by Gasteiger charge is 2.55. The zero-order valence-corrected chi connectivity index (χ0v) is 12.4. The fourth-order valence-corrected chi connectivity index (χ4v) is 4.18. The summed E-state index contributed by atoms with van der Waals surface area (Å²) in [7, 11) is 1.99. The van der Waals surface area contributed by atoms with Crippen molar-refractivity contribution < 1.29 is 15.0 Å². The summed E-state index contributed by atoms with van der Waals surface area (Å²) in [5.74, 6) is -0.447. The summed E-state index contributed by atoms with van der Waals surface area (Å²) < 4.78 is 0. The molecule has 0 spiro atoms. The minimum Gasteiger partial charge on any atom is -0.395 e. The van der Waals surface area contributed by atoms with Gasteiger partial charge >= 0.3 is 0 Å². The van der Waals surface area contributed by atoms with Crippen molar-refractivity contribution in [3.63, 3.8) is 0 Å². The molecular formula is C17H23NO3. The number of carbonyl (C=O) groups is 1. The first-order valence-electron chi connectivity index (χ1n) is 7.69. The normalized spacial score (nSPS) is 33.9. The van der Waals surface area contributed by atoms with Crippen LogP contribution in [0.2, 0.25) is 0 Å². The highest BCUT2D eigenvalue weighted by Crippen LogP contribution is 2.45. The zero-order valence-electron chi connectivity index (χ0n) is 12.4. The minimum atomic E-state index is -0.606. The number of benzene rings is 1. The van der Waals surface area contributed by atoms with Gasteiger partial charge in [0.25, 0.3) is 0 Å². The number of nitrogens with zero attached hydrogens (tertiary/aromatic N) is 1. The first-order chi connectivity index (χ1) is 10.1. The van der Waals surface area contributed by atoms with E-state index in [0.29, 0.717) is 6.42 Å². The summed E-state index contributed by atoms with van der Waals surface area (Å²) in [5, 5.41) is 19.9. The topological polar surface area (TPSA) is 60.8 Å². The largest absolute Gasteiger partial charge is 0.395 e. The molecule has 4 atom stereocenters. The van der Waals surface area contributed by atoms with Crippen molar-refractivity contribution >= 4 is 5.78 Å². The number of piperidine rings is 1. The predicted octanol–water partition coefficient (Wildman–Crippen LogP) is 1.32. The lowest BCUT2D eigenvalue weighted by molar-refractivity contribution is -0.137. The maximum absolute atomic E-state index is 13.2. The Morgan fingerprint density at radius 1 is 1.43 bits per heavy atom. The molecule has 0 saturated carbocycles. The summed E-state index contributed by atoms with van der Waals surface area (Å²) in [6.45, 7) is -0.181. The van der Waals surface area contributed by atoms with Crippen LogP contribution in [0.3, 0.4) is 0 Å². The molecule has 2 aliphatic rings. The van der Waals surface area contributed by atoms with Crippen LogP contribution in [0.25, 0.3) is 0 Å². The monoisotopic (exact) mass is 289 g/mol. The molecule has 0 amide bonds. The van der Waals surface area contributed by atoms with Crippen LogP contribution in [-0.2, 0) is 4.79 Å². The van der Waals surface area contributed by atoms with Gasteiger partial charge in [0.2, 0.25) is 0 Å². The lowest BCUT2D eigenvalue weighted by atomic mass is 9.76. The number of ketones is 1. The first-order valence-corrected chi connectivity index (χ1v) is 7.69. The van der Waals surface area contributed by atoms with E-state index in [1.165, 1.54) is 0 Å². The molecule has 1 unspecified atom stereocenters. The minimum absolute atomic E-state index is 0.0555. The number of rotatable bonds is 4. The average Bonchev–Trinajstić information content (AvgIpc) is 2.69. The van der Waals surface area contributed by atoms with Gasteiger partial charge in [-0.3, -0.25) is 9.69 Å². The van der Waals surface area contributed by atoms with Gasteiger partial charge in [-0.25, -0.2) is 0 Å². The molecule has 21 heavy (non-hydrogen) atoms. The van der Waals surface area contributed by atoms with Crippen LogP contribution in [0.5, 0.6) is 0 Å². The molecule has 2 fully saturated rings. The Bertz CT molecular complexity index is 518. The van der Waals surface area contributed by atoms with Crippen molar-refractivity contribution in [1.29, 1.82) is 0 Å². The lowest BCUT2D eigenvalue weighted by Gasteiger charge is -2.44. The molecule has 2 heterocycles. The second kappa shape index (κ2) is 5.52. The van der Waals surface area contributed by atoms with E-state index >= 15 is 0 Å². The summed E-state index contributed by atoms with van der Waals surface area (Å²) in [6.07, 6.45) is 2.57. The molecule has 3 rings (SSSR count). The van der Waals surface area contributed by atoms with Crippen molar-refractivity contribution in [2.75, 3.05) is 13.7 Å². The number of likely N-dealkylation sites (N-methyl/N-ethyl adjacent to an activating group) is 1. The average molecular weight is 289 g/mol. The van der Waals surface area contributed by atoms with Crippen LogP contribution < -0.4 is 0 Å². The van der Waals surface area contributed by atoms with Crippen LogP contribution in [0, 0.1) is 0 Å². The van der Waals surface area contributed by atoms with E-state index in [9.17, 15) is 15.0 Å². The molecule has 4 nitrogen and oxygen atoms in total. The Morgan fingerprint density at radius 3 is 2.81 bits per heavy atom. The lowest BCUT2D eigenvalue weighted by Crippen LogP contribution is -2.58. The smallest absolute Gasteiger partial charge is 0.162 e. The van der Waals surface area contributed by atoms with Gasteiger partial charge in [-0.1, -0.05) is 30.3 Å². The Labute approximate surface area is 125 Å². The maximum atomic E-state index is 13.2. The molecule has 0 aliphatic carbocycles. The molecule has 0 aromatic heterocycles. The Balaban J connectivity index is 1.93. The van der Waals surface area contributed by atoms with Crippen molar-refractivity contribution in [3.8, 4) is 0 Å². The number of aliphatic hydroxyl groups excluding tert-OH is 2. The number of Topliss-reactive ketones (excluding diaryl/α,β-unsaturated/α-hetero) is 1. The molecule has 1 aromatic rings. The van der Waals surface area contributed by atoms with E-state index in [2.05, 4.69) is 4.90 Å². The summed E-state index contributed by atoms with van der Waals surface area (Å²) in [6, 6.07) is 9.75. The van der Waals surface area contributed by atoms with Gasteiger partial charge in [-0.05, 0) is 38.3 Å². The van der Waals surface area contributed by atoms with Crippen LogP contribution >= 0.6 is 0 Å². The molecule has 4 heteroatoms. The molecule has 114 valence electrons. The van der Waals surface area contributed by atoms with Gasteiger partial charge in [0, 0.05) is 6.04 Å². The van der Waals surface area contributed by atoms with E-state index in [4.69, 9.17) is 0 Å². The number of hydrogen-bond acceptors (Lipinski definition) is 4. The van der Waals surface area contributed by atoms with Gasteiger partial charge in [-0.15, -0.1) is 0 Å². The van der Waals surface area contributed by atoms with Crippen LogP contribution in [0.1, 0.15) is 37.2 Å². The van der Waals surface area contributed by atoms with Gasteiger partial charge < -0.3 is 10.2 Å². The summed E-state index contributed by atoms with van der Waals surface area (Å²) in [4.78, 5) is 15.3. The number of carbonyl (C=O) groups excluding carboxylic acids is 1. The number of fused-ring (bicyclic) bond motifs is 2. The Morgan fingerprint density at radius 2 is 2.14 bits per heavy atom. The standard InChI is InChI=1S/C17H23NO3/c1-18-13-7-8-17(18,10-14(20)9-13)16(21)15(11-19)12-5-3-2-4-6-12/h2-6,13-15,19-20H,7-11H2,1H3/t13-,14+,15?,17+/m0/s1. The number of aliphatic hydroxyl groups is 2. The van der Waals surface area contributed by atoms with Crippen molar-refractivity contribution in [2.24, 2.45) is 0 Å². The molecule has 2 N–H and O–H groups in total. The quantitative estimate of drug-likeness (QED) is 0.877. The highest BCUT2D eigenvalue weighted by atomic mass is 16.3. The van der Waals surface area contributed by atoms with E-state index < -0.39 is 17.6 Å². The molecule has 2 bridgehead atoms. The van der Waals surface area contributed by atoms with E-state index in [1.807, 2.05) is 37.4 Å². The Hall–Kier alpha value is -1.23. The van der Waals surface area contributed by atoms with Crippen LogP contribution in [-0.4, -0.2) is 52.2 Å². The van der Waals surface area contributed by atoms with Crippen molar-refractivity contribution in [2.45, 2.75) is 49.3 Å². The van der Waals surface area contributed by atoms with Gasteiger partial charge in [0.05, 0.1) is 24.2 Å². The van der Waals surface area contributed by atoms with E-state index in [-0.39, 0.29) is 18.4 Å². The summed E-state index contributed by atoms with van der Waals surface area (Å²) >= 11 is 0. The molecule has 1 aromatic carbocycles. The van der Waals surface area contributed by atoms with Crippen molar-refractivity contribution in [3.05, 3.63) is 35.9 Å². The second-order valence-corrected chi connectivity index (χ2v) is 6.44. The molecule has 0 radical (unpaired) electrons. The molecule has 2 aliphatic heterocycles. The van der Waals surface area contributed by atoms with E-state index in [0.717, 1.165) is 24.8 Å². The zero-order chi connectivity index (χ0) is 15.0. The second-order valence-electron chi connectivity index (χ2n) is 6.44. The third-order valence-electron chi connectivity index (χ3n) is 5.39. The van der Waals surface area contributed by atoms with E-state index in [1.54, 1.807) is 0 Å². The van der Waals surface area contributed by atoms with Crippen LogP contribution in [0.4, 0.5) is 0 Å². The molecular weight excluding hydrogens is 266 g/mol. The third-order valence-corrected chi connectivity index (χ3v) is 5.39. The first kappa shape index (κ1) is 14.7. The third kappa shape index (κ3) is 2.31. The fraction of sp³-hybridized carbons (Fsp3) is 0.588. The van der Waals surface area contributed by atoms with Gasteiger partial charge in [0.15, 0.2) is 5.78 Å². The Kier molecular flexibility index (Phi) is 3.86. The molecule has 2 saturated heterocycles. The fourth-order valence-electron chi connectivity index (χ4n) is 4.18.